The van der Waals surface area contributed by atoms with Crippen molar-refractivity contribution in [3.63, 3.8) is 0 Å². The van der Waals surface area contributed by atoms with Gasteiger partial charge in [0.2, 0.25) is 21.8 Å². The maximum Gasteiger partial charge on any atom is 0.242 e. The van der Waals surface area contributed by atoms with Crippen molar-refractivity contribution in [3.8, 4) is 0 Å². The second-order valence-corrected chi connectivity index (χ2v) is 10.5. The molecule has 180 valence electrons. The lowest BCUT2D eigenvalue weighted by molar-refractivity contribution is -0.140. The molecule has 0 saturated heterocycles. The molecule has 0 fully saturated rings. The van der Waals surface area contributed by atoms with E-state index in [0.29, 0.717) is 18.7 Å². The van der Waals surface area contributed by atoms with Gasteiger partial charge in [-0.15, -0.1) is 0 Å². The minimum Gasteiger partial charge on any atom is -0.357 e. The molecule has 0 radical (unpaired) electrons. The minimum absolute atomic E-state index is 0.129. The molecule has 8 heteroatoms. The summed E-state index contributed by atoms with van der Waals surface area (Å²) >= 11 is 0. The Hall–Kier alpha value is -2.87. The van der Waals surface area contributed by atoms with Crippen molar-refractivity contribution in [1.82, 2.24) is 10.2 Å². The number of sulfonamides is 1. The molecule has 33 heavy (non-hydrogen) atoms. The van der Waals surface area contributed by atoms with Gasteiger partial charge in [0.05, 0.1) is 11.9 Å². The van der Waals surface area contributed by atoms with E-state index >= 15 is 0 Å². The largest absolute Gasteiger partial charge is 0.357 e. The first-order chi connectivity index (χ1) is 15.4. The van der Waals surface area contributed by atoms with Crippen molar-refractivity contribution in [1.29, 1.82) is 0 Å². The minimum atomic E-state index is -3.51. The SMILES string of the molecule is CNC(=O)[C@@H](C)N(Cc1ccc(C)cc1)C(=O)CCCN(c1cc(C)cc(C)c1)S(C)(=O)=O. The quantitative estimate of drug-likeness (QED) is 0.574. The van der Waals surface area contributed by atoms with Gasteiger partial charge in [0, 0.05) is 26.6 Å². The number of amides is 2. The maximum absolute atomic E-state index is 13.1. The number of hydrogen-bond acceptors (Lipinski definition) is 4. The summed E-state index contributed by atoms with van der Waals surface area (Å²) in [7, 11) is -1.97. The Labute approximate surface area is 197 Å². The van der Waals surface area contributed by atoms with Crippen molar-refractivity contribution >= 4 is 27.5 Å². The van der Waals surface area contributed by atoms with Crippen LogP contribution in [0.2, 0.25) is 0 Å². The van der Waals surface area contributed by atoms with E-state index in [4.69, 9.17) is 0 Å². The summed E-state index contributed by atoms with van der Waals surface area (Å²) < 4.78 is 26.2. The molecule has 7 nitrogen and oxygen atoms in total. The number of likely N-dealkylation sites (N-methyl/N-ethyl adjacent to an activating group) is 1. The van der Waals surface area contributed by atoms with E-state index in [1.165, 1.54) is 10.6 Å². The predicted molar refractivity (Wildman–Crippen MR) is 133 cm³/mol. The highest BCUT2D eigenvalue weighted by atomic mass is 32.2. The number of benzene rings is 2. The summed E-state index contributed by atoms with van der Waals surface area (Å²) in [6, 6.07) is 12.8. The van der Waals surface area contributed by atoms with Gasteiger partial charge in [-0.2, -0.15) is 0 Å². The molecule has 1 N–H and O–H groups in total. The standard InChI is InChI=1S/C25H35N3O4S/c1-18-9-11-22(12-10-18)17-27(21(4)25(30)26-5)24(29)8-7-13-28(33(6,31)32)23-15-19(2)14-20(3)16-23/h9-12,14-16,21H,7-8,13,17H2,1-6H3,(H,26,30)/t21-/m1/s1. The average molecular weight is 474 g/mol. The van der Waals surface area contributed by atoms with Crippen LogP contribution >= 0.6 is 0 Å². The van der Waals surface area contributed by atoms with Crippen molar-refractivity contribution < 1.29 is 18.0 Å². The molecule has 0 aliphatic rings. The summed E-state index contributed by atoms with van der Waals surface area (Å²) in [5.41, 5.74) is 4.58. The average Bonchev–Trinajstić information content (AvgIpc) is 2.73. The first-order valence-electron chi connectivity index (χ1n) is 11.0. The first-order valence-corrected chi connectivity index (χ1v) is 12.9. The van der Waals surface area contributed by atoms with Gasteiger partial charge in [-0.05, 0) is 62.9 Å². The van der Waals surface area contributed by atoms with E-state index in [-0.39, 0.29) is 24.8 Å². The van der Waals surface area contributed by atoms with Crippen molar-refractivity contribution in [2.75, 3.05) is 24.2 Å². The molecule has 0 aliphatic carbocycles. The second kappa shape index (κ2) is 11.3. The van der Waals surface area contributed by atoms with Crippen LogP contribution < -0.4 is 9.62 Å². The Kier molecular flexibility index (Phi) is 9.05. The van der Waals surface area contributed by atoms with E-state index in [1.807, 2.05) is 63.2 Å². The number of nitrogens with one attached hydrogen (secondary N) is 1. The number of anilines is 1. The van der Waals surface area contributed by atoms with Gasteiger partial charge in [0.15, 0.2) is 0 Å². The Balaban J connectivity index is 2.16. The topological polar surface area (TPSA) is 86.8 Å². The van der Waals surface area contributed by atoms with E-state index in [1.54, 1.807) is 18.9 Å². The lowest BCUT2D eigenvalue weighted by Gasteiger charge is -2.29. The Bertz CT molecular complexity index is 1060. The fraction of sp³-hybridized carbons (Fsp3) is 0.440. The highest BCUT2D eigenvalue weighted by molar-refractivity contribution is 7.92. The van der Waals surface area contributed by atoms with E-state index in [0.717, 1.165) is 22.3 Å². The van der Waals surface area contributed by atoms with Crippen molar-refractivity contribution in [2.24, 2.45) is 0 Å². The number of carbonyl (C=O) groups is 2. The van der Waals surface area contributed by atoms with Crippen LogP contribution in [-0.4, -0.2) is 51.0 Å². The normalized spacial score (nSPS) is 12.2. The summed E-state index contributed by atoms with van der Waals surface area (Å²) in [6.45, 7) is 8.01. The number of carbonyl (C=O) groups excluding carboxylic acids is 2. The predicted octanol–water partition coefficient (Wildman–Crippen LogP) is 3.32. The van der Waals surface area contributed by atoms with Gasteiger partial charge in [-0.3, -0.25) is 13.9 Å². The zero-order chi connectivity index (χ0) is 24.8. The summed E-state index contributed by atoms with van der Waals surface area (Å²) in [4.78, 5) is 26.9. The fourth-order valence-corrected chi connectivity index (χ4v) is 4.73. The van der Waals surface area contributed by atoms with Crippen LogP contribution in [0.1, 0.15) is 42.0 Å². The van der Waals surface area contributed by atoms with Gasteiger partial charge >= 0.3 is 0 Å². The number of rotatable bonds is 10. The molecular formula is C25H35N3O4S. The number of hydrogen-bond donors (Lipinski definition) is 1. The van der Waals surface area contributed by atoms with E-state index in [2.05, 4.69) is 5.32 Å². The lowest BCUT2D eigenvalue weighted by Crippen LogP contribution is -2.46. The third-order valence-electron chi connectivity index (χ3n) is 5.53. The summed E-state index contributed by atoms with van der Waals surface area (Å²) in [5.74, 6) is -0.441. The molecule has 1 atom stereocenters. The lowest BCUT2D eigenvalue weighted by atomic mass is 10.1. The summed E-state index contributed by atoms with van der Waals surface area (Å²) in [6.07, 6.45) is 1.64. The highest BCUT2D eigenvalue weighted by Gasteiger charge is 2.26. The Morgan fingerprint density at radius 1 is 0.970 bits per heavy atom. The molecule has 0 unspecified atom stereocenters. The molecule has 2 amide bonds. The van der Waals surface area contributed by atoms with Gasteiger partial charge < -0.3 is 10.2 Å². The molecule has 2 aromatic carbocycles. The number of aryl methyl sites for hydroxylation is 3. The van der Waals surface area contributed by atoms with Crippen LogP contribution in [0.3, 0.4) is 0 Å². The monoisotopic (exact) mass is 473 g/mol. The highest BCUT2D eigenvalue weighted by Crippen LogP contribution is 2.22. The van der Waals surface area contributed by atoms with Crippen LogP contribution in [-0.2, 0) is 26.2 Å². The zero-order valence-electron chi connectivity index (χ0n) is 20.4. The molecule has 2 aromatic rings. The molecule has 0 heterocycles. The smallest absolute Gasteiger partial charge is 0.242 e. The molecule has 0 aliphatic heterocycles. The maximum atomic E-state index is 13.1. The van der Waals surface area contributed by atoms with Gasteiger partial charge in [-0.1, -0.05) is 35.9 Å². The van der Waals surface area contributed by atoms with Gasteiger partial charge in [0.25, 0.3) is 0 Å². The number of nitrogens with zero attached hydrogens (tertiary/aromatic N) is 2. The van der Waals surface area contributed by atoms with Crippen LogP contribution in [0, 0.1) is 20.8 Å². The second-order valence-electron chi connectivity index (χ2n) is 8.58. The summed E-state index contributed by atoms with van der Waals surface area (Å²) in [5, 5.41) is 2.60. The van der Waals surface area contributed by atoms with Crippen LogP contribution in [0.25, 0.3) is 0 Å². The molecular weight excluding hydrogens is 438 g/mol. The zero-order valence-corrected chi connectivity index (χ0v) is 21.2. The first kappa shape index (κ1) is 26.4. The van der Waals surface area contributed by atoms with Crippen molar-refractivity contribution in [3.05, 3.63) is 64.7 Å². The van der Waals surface area contributed by atoms with Crippen LogP contribution in [0.15, 0.2) is 42.5 Å². The van der Waals surface area contributed by atoms with E-state index < -0.39 is 16.1 Å². The Morgan fingerprint density at radius 2 is 1.55 bits per heavy atom. The van der Waals surface area contributed by atoms with Gasteiger partial charge in [-0.25, -0.2) is 8.42 Å². The van der Waals surface area contributed by atoms with Crippen LogP contribution in [0.5, 0.6) is 0 Å². The molecule has 0 saturated carbocycles. The fourth-order valence-electron chi connectivity index (χ4n) is 3.78. The van der Waals surface area contributed by atoms with E-state index in [9.17, 15) is 18.0 Å². The van der Waals surface area contributed by atoms with Crippen molar-refractivity contribution in [2.45, 2.75) is 53.1 Å². The Morgan fingerprint density at radius 3 is 2.06 bits per heavy atom. The molecule has 0 aromatic heterocycles. The van der Waals surface area contributed by atoms with Crippen LogP contribution in [0.4, 0.5) is 5.69 Å². The third kappa shape index (κ3) is 7.60. The molecule has 0 bridgehead atoms. The third-order valence-corrected chi connectivity index (χ3v) is 6.73. The molecule has 2 rings (SSSR count). The van der Waals surface area contributed by atoms with Gasteiger partial charge in [0.1, 0.15) is 6.04 Å². The molecule has 0 spiro atoms.